The molecule has 0 fully saturated rings. The number of esters is 1. The fourth-order valence-electron chi connectivity index (χ4n) is 1.20. The average Bonchev–Trinajstić information content (AvgIpc) is 2.02. The molecular weight excluding hydrogens is 140 g/mol. The molecule has 11 heavy (non-hydrogen) atoms. The molecule has 1 rings (SSSR count). The lowest BCUT2D eigenvalue weighted by Gasteiger charge is -2.24. The minimum atomic E-state index is -0.205. The molecule has 0 bridgehead atoms. The fourth-order valence-corrected chi connectivity index (χ4v) is 1.20. The predicted molar refractivity (Wildman–Crippen MR) is 43.0 cm³/mol. The van der Waals surface area contributed by atoms with E-state index < -0.39 is 0 Å². The highest BCUT2D eigenvalue weighted by Crippen LogP contribution is 2.32. The Hall–Kier alpha value is -1.05. The van der Waals surface area contributed by atoms with Crippen molar-refractivity contribution in [1.29, 1.82) is 0 Å². The van der Waals surface area contributed by atoms with E-state index in [1.165, 1.54) is 12.7 Å². The van der Waals surface area contributed by atoms with Crippen molar-refractivity contribution in [2.24, 2.45) is 5.92 Å². The van der Waals surface area contributed by atoms with E-state index in [-0.39, 0.29) is 11.9 Å². The Labute approximate surface area is 66.5 Å². The Morgan fingerprint density at radius 2 is 2.36 bits per heavy atom. The van der Waals surface area contributed by atoms with Gasteiger partial charge in [-0.05, 0) is 18.6 Å². The first-order valence-electron chi connectivity index (χ1n) is 3.66. The monoisotopic (exact) mass is 152 g/mol. The van der Waals surface area contributed by atoms with Crippen LogP contribution in [0.4, 0.5) is 0 Å². The molecule has 0 radical (unpaired) electrons. The van der Waals surface area contributed by atoms with E-state index >= 15 is 0 Å². The molecule has 2 heteroatoms. The molecule has 60 valence electrons. The van der Waals surface area contributed by atoms with Gasteiger partial charge in [-0.25, -0.2) is 4.79 Å². The summed E-state index contributed by atoms with van der Waals surface area (Å²) in [6.45, 7) is 3.97. The summed E-state index contributed by atoms with van der Waals surface area (Å²) in [5, 5.41) is 0. The summed E-state index contributed by atoms with van der Waals surface area (Å²) in [6, 6.07) is 0. The van der Waals surface area contributed by atoms with Gasteiger partial charge in [-0.15, -0.1) is 0 Å². The molecule has 0 saturated heterocycles. The topological polar surface area (TPSA) is 26.3 Å². The Balaban J connectivity index is 2.74. The summed E-state index contributed by atoms with van der Waals surface area (Å²) in [7, 11) is 1.41. The van der Waals surface area contributed by atoms with Crippen molar-refractivity contribution in [2.45, 2.75) is 13.8 Å². The third-order valence-electron chi connectivity index (χ3n) is 2.04. The van der Waals surface area contributed by atoms with Gasteiger partial charge in [0.25, 0.3) is 0 Å². The summed E-state index contributed by atoms with van der Waals surface area (Å²) in [5.41, 5.74) is 1.99. The Morgan fingerprint density at radius 3 is 2.73 bits per heavy atom. The summed E-state index contributed by atoms with van der Waals surface area (Å²) in [5.74, 6) is 0.0514. The first-order valence-corrected chi connectivity index (χ1v) is 3.66. The number of ether oxygens (including phenoxy) is 1. The molecule has 1 atom stereocenters. The molecule has 0 saturated carbocycles. The lowest BCUT2D eigenvalue weighted by molar-refractivity contribution is -0.136. The molecule has 0 heterocycles. The largest absolute Gasteiger partial charge is 0.466 e. The van der Waals surface area contributed by atoms with E-state index in [1.54, 1.807) is 0 Å². The molecule has 0 N–H and O–H groups in total. The highest BCUT2D eigenvalue weighted by atomic mass is 16.5. The second-order valence-corrected chi connectivity index (χ2v) is 2.60. The van der Waals surface area contributed by atoms with Gasteiger partial charge in [0.15, 0.2) is 0 Å². The number of hydrogen-bond acceptors (Lipinski definition) is 2. The SMILES string of the molecule is C/C=C1/C=C(C(=O)OC)[C@@H]1C. The van der Waals surface area contributed by atoms with Crippen LogP contribution in [-0.4, -0.2) is 13.1 Å². The van der Waals surface area contributed by atoms with E-state index in [2.05, 4.69) is 4.74 Å². The molecule has 0 aromatic rings. The zero-order valence-corrected chi connectivity index (χ0v) is 7.05. The number of methoxy groups -OCH3 is 1. The van der Waals surface area contributed by atoms with Crippen LogP contribution < -0.4 is 0 Å². The summed E-state index contributed by atoms with van der Waals surface area (Å²) >= 11 is 0. The third-order valence-corrected chi connectivity index (χ3v) is 2.04. The normalized spacial score (nSPS) is 25.9. The zero-order chi connectivity index (χ0) is 8.43. The lowest BCUT2D eigenvalue weighted by atomic mass is 9.81. The number of carbonyl (C=O) groups is 1. The second-order valence-electron chi connectivity index (χ2n) is 2.60. The van der Waals surface area contributed by atoms with Gasteiger partial charge in [-0.3, -0.25) is 0 Å². The van der Waals surface area contributed by atoms with Crippen molar-refractivity contribution >= 4 is 5.97 Å². The fraction of sp³-hybridized carbons (Fsp3) is 0.444. The zero-order valence-electron chi connectivity index (χ0n) is 7.05. The average molecular weight is 152 g/mol. The smallest absolute Gasteiger partial charge is 0.334 e. The quantitative estimate of drug-likeness (QED) is 0.534. The van der Waals surface area contributed by atoms with Gasteiger partial charge in [-0.1, -0.05) is 13.0 Å². The van der Waals surface area contributed by atoms with E-state index in [0.717, 1.165) is 5.57 Å². The minimum absolute atomic E-state index is 0.205. The maximum Gasteiger partial charge on any atom is 0.334 e. The van der Waals surface area contributed by atoms with Crippen LogP contribution in [0.15, 0.2) is 23.3 Å². The van der Waals surface area contributed by atoms with Gasteiger partial charge in [-0.2, -0.15) is 0 Å². The van der Waals surface area contributed by atoms with Gasteiger partial charge in [0.1, 0.15) is 0 Å². The van der Waals surface area contributed by atoms with Crippen molar-refractivity contribution in [3.8, 4) is 0 Å². The molecule has 0 aromatic carbocycles. The van der Waals surface area contributed by atoms with Gasteiger partial charge < -0.3 is 4.74 Å². The first-order chi connectivity index (χ1) is 5.20. The highest BCUT2D eigenvalue weighted by molar-refractivity contribution is 5.93. The van der Waals surface area contributed by atoms with Crippen LogP contribution in [0, 0.1) is 5.92 Å². The second kappa shape index (κ2) is 2.91. The number of carbonyl (C=O) groups excluding carboxylic acids is 1. The van der Waals surface area contributed by atoms with Crippen LogP contribution in [-0.2, 0) is 9.53 Å². The van der Waals surface area contributed by atoms with Crippen molar-refractivity contribution in [3.05, 3.63) is 23.3 Å². The maximum absolute atomic E-state index is 10.9. The molecule has 0 aromatic heterocycles. The van der Waals surface area contributed by atoms with E-state index in [1.807, 2.05) is 26.0 Å². The van der Waals surface area contributed by atoms with Crippen LogP contribution in [0.25, 0.3) is 0 Å². The van der Waals surface area contributed by atoms with Gasteiger partial charge >= 0.3 is 5.97 Å². The molecular formula is C9H12O2. The molecule has 0 unspecified atom stereocenters. The van der Waals surface area contributed by atoms with Crippen LogP contribution in [0.2, 0.25) is 0 Å². The van der Waals surface area contributed by atoms with Crippen molar-refractivity contribution in [2.75, 3.05) is 7.11 Å². The van der Waals surface area contributed by atoms with Gasteiger partial charge in [0.05, 0.1) is 7.11 Å². The molecule has 0 spiro atoms. The molecule has 1 aliphatic rings. The minimum Gasteiger partial charge on any atom is -0.466 e. The molecule has 0 amide bonds. The van der Waals surface area contributed by atoms with Crippen LogP contribution >= 0.6 is 0 Å². The van der Waals surface area contributed by atoms with E-state index in [9.17, 15) is 4.79 Å². The molecule has 2 nitrogen and oxygen atoms in total. The van der Waals surface area contributed by atoms with Crippen molar-refractivity contribution < 1.29 is 9.53 Å². The lowest BCUT2D eigenvalue weighted by Crippen LogP contribution is -2.21. The Bertz CT molecular complexity index is 236. The summed E-state index contributed by atoms with van der Waals surface area (Å²) in [4.78, 5) is 10.9. The first kappa shape index (κ1) is 8.05. The third kappa shape index (κ3) is 1.20. The van der Waals surface area contributed by atoms with Crippen molar-refractivity contribution in [3.63, 3.8) is 0 Å². The standard InChI is InChI=1S/C9H12O2/c1-4-7-5-8(6(7)2)9(10)11-3/h4-6H,1-3H3/b7-4-/t6-/m1/s1. The highest BCUT2D eigenvalue weighted by Gasteiger charge is 2.27. The Kier molecular flexibility index (Phi) is 2.13. The number of rotatable bonds is 1. The van der Waals surface area contributed by atoms with Gasteiger partial charge in [0.2, 0.25) is 0 Å². The Morgan fingerprint density at radius 1 is 1.73 bits per heavy atom. The summed E-state index contributed by atoms with van der Waals surface area (Å²) in [6.07, 6.45) is 3.88. The number of hydrogen-bond donors (Lipinski definition) is 0. The van der Waals surface area contributed by atoms with Crippen LogP contribution in [0.1, 0.15) is 13.8 Å². The van der Waals surface area contributed by atoms with E-state index in [0.29, 0.717) is 0 Å². The predicted octanol–water partition coefficient (Wildman–Crippen LogP) is 1.68. The van der Waals surface area contributed by atoms with Gasteiger partial charge in [0, 0.05) is 11.5 Å². The van der Waals surface area contributed by atoms with E-state index in [4.69, 9.17) is 0 Å². The number of allylic oxidation sites excluding steroid dienone is 3. The summed E-state index contributed by atoms with van der Waals surface area (Å²) < 4.78 is 4.58. The maximum atomic E-state index is 10.9. The van der Waals surface area contributed by atoms with Crippen molar-refractivity contribution in [1.82, 2.24) is 0 Å². The van der Waals surface area contributed by atoms with Crippen LogP contribution in [0.5, 0.6) is 0 Å². The van der Waals surface area contributed by atoms with Crippen LogP contribution in [0.3, 0.4) is 0 Å². The molecule has 1 aliphatic carbocycles. The molecule has 0 aliphatic heterocycles.